The van der Waals surface area contributed by atoms with E-state index in [2.05, 4.69) is 13.8 Å². The van der Waals surface area contributed by atoms with Crippen LogP contribution in [-0.4, -0.2) is 23.9 Å². The molecule has 1 unspecified atom stereocenters. The summed E-state index contributed by atoms with van der Waals surface area (Å²) < 4.78 is 0. The van der Waals surface area contributed by atoms with E-state index >= 15 is 0 Å². The SMILES string of the molecule is CCCCN(CCCC)C(=O)C(N)c1cccs1. The molecule has 0 aromatic carbocycles. The molecule has 0 aliphatic rings. The maximum atomic E-state index is 12.4. The molecule has 0 aliphatic carbocycles. The fraction of sp³-hybridized carbons (Fsp3) is 0.643. The topological polar surface area (TPSA) is 46.3 Å². The summed E-state index contributed by atoms with van der Waals surface area (Å²) in [7, 11) is 0. The first kappa shape index (κ1) is 15.2. The van der Waals surface area contributed by atoms with Crippen molar-refractivity contribution in [2.75, 3.05) is 13.1 Å². The van der Waals surface area contributed by atoms with Crippen molar-refractivity contribution >= 4 is 17.2 Å². The Morgan fingerprint density at radius 2 is 1.94 bits per heavy atom. The van der Waals surface area contributed by atoms with Gasteiger partial charge in [-0.1, -0.05) is 32.8 Å². The standard InChI is InChI=1S/C14H24N2OS/c1-3-5-9-16(10-6-4-2)14(17)13(15)12-8-7-11-18-12/h7-8,11,13H,3-6,9-10,15H2,1-2H3. The van der Waals surface area contributed by atoms with Crippen molar-refractivity contribution in [3.63, 3.8) is 0 Å². The number of hydrogen-bond acceptors (Lipinski definition) is 3. The van der Waals surface area contributed by atoms with Gasteiger partial charge in [-0.3, -0.25) is 4.79 Å². The Hall–Kier alpha value is -0.870. The predicted molar refractivity (Wildman–Crippen MR) is 77.6 cm³/mol. The third-order valence-corrected chi connectivity index (χ3v) is 3.95. The summed E-state index contributed by atoms with van der Waals surface area (Å²) in [5.41, 5.74) is 6.05. The van der Waals surface area contributed by atoms with Crippen LogP contribution in [0.15, 0.2) is 17.5 Å². The molecule has 0 radical (unpaired) electrons. The molecule has 1 rings (SSSR count). The summed E-state index contributed by atoms with van der Waals surface area (Å²) in [4.78, 5) is 15.2. The maximum absolute atomic E-state index is 12.4. The van der Waals surface area contributed by atoms with Gasteiger partial charge in [0.15, 0.2) is 0 Å². The number of amides is 1. The van der Waals surface area contributed by atoms with Gasteiger partial charge in [-0.2, -0.15) is 0 Å². The minimum Gasteiger partial charge on any atom is -0.341 e. The minimum atomic E-state index is -0.487. The van der Waals surface area contributed by atoms with Crippen LogP contribution < -0.4 is 5.73 Å². The average molecular weight is 268 g/mol. The zero-order valence-corrected chi connectivity index (χ0v) is 12.2. The van der Waals surface area contributed by atoms with Crippen LogP contribution in [0.4, 0.5) is 0 Å². The molecule has 0 fully saturated rings. The van der Waals surface area contributed by atoms with E-state index in [1.807, 2.05) is 22.4 Å². The van der Waals surface area contributed by atoms with Crippen molar-refractivity contribution in [1.29, 1.82) is 0 Å². The molecule has 0 saturated heterocycles. The quantitative estimate of drug-likeness (QED) is 0.787. The van der Waals surface area contributed by atoms with Gasteiger partial charge in [-0.25, -0.2) is 0 Å². The van der Waals surface area contributed by atoms with Crippen LogP contribution in [0.2, 0.25) is 0 Å². The van der Waals surface area contributed by atoms with Crippen LogP contribution >= 0.6 is 11.3 Å². The smallest absolute Gasteiger partial charge is 0.244 e. The van der Waals surface area contributed by atoms with Gasteiger partial charge in [0, 0.05) is 18.0 Å². The first-order valence-corrected chi connectivity index (χ1v) is 7.66. The van der Waals surface area contributed by atoms with Crippen molar-refractivity contribution in [1.82, 2.24) is 4.90 Å². The molecule has 2 N–H and O–H groups in total. The van der Waals surface area contributed by atoms with Crippen molar-refractivity contribution in [3.8, 4) is 0 Å². The molecule has 3 nitrogen and oxygen atoms in total. The van der Waals surface area contributed by atoms with Crippen LogP contribution in [0, 0.1) is 0 Å². The highest BCUT2D eigenvalue weighted by atomic mass is 32.1. The fourth-order valence-corrected chi connectivity index (χ4v) is 2.54. The third-order valence-electron chi connectivity index (χ3n) is 2.99. The molecule has 0 saturated carbocycles. The molecule has 1 amide bonds. The van der Waals surface area contributed by atoms with E-state index in [1.54, 1.807) is 11.3 Å². The van der Waals surface area contributed by atoms with Gasteiger partial charge in [0.1, 0.15) is 6.04 Å². The number of rotatable bonds is 8. The van der Waals surface area contributed by atoms with E-state index in [9.17, 15) is 4.79 Å². The maximum Gasteiger partial charge on any atom is 0.244 e. The lowest BCUT2D eigenvalue weighted by Gasteiger charge is -2.25. The largest absolute Gasteiger partial charge is 0.341 e. The summed E-state index contributed by atoms with van der Waals surface area (Å²) in [6.07, 6.45) is 4.30. The number of nitrogens with zero attached hydrogens (tertiary/aromatic N) is 1. The van der Waals surface area contributed by atoms with Crippen molar-refractivity contribution in [2.45, 2.75) is 45.6 Å². The molecule has 4 heteroatoms. The van der Waals surface area contributed by atoms with Gasteiger partial charge >= 0.3 is 0 Å². The normalized spacial score (nSPS) is 12.4. The highest BCUT2D eigenvalue weighted by molar-refractivity contribution is 7.10. The lowest BCUT2D eigenvalue weighted by atomic mass is 10.2. The Balaban J connectivity index is 2.62. The van der Waals surface area contributed by atoms with Gasteiger partial charge in [0.25, 0.3) is 0 Å². The minimum absolute atomic E-state index is 0.0688. The predicted octanol–water partition coefficient (Wildman–Crippen LogP) is 3.18. The molecule has 1 atom stereocenters. The van der Waals surface area contributed by atoms with E-state index in [0.717, 1.165) is 43.6 Å². The second-order valence-corrected chi connectivity index (χ2v) is 5.50. The van der Waals surface area contributed by atoms with E-state index in [4.69, 9.17) is 5.73 Å². The number of thiophene rings is 1. The number of carbonyl (C=O) groups is 1. The summed E-state index contributed by atoms with van der Waals surface area (Å²) in [6, 6.07) is 3.39. The summed E-state index contributed by atoms with van der Waals surface area (Å²) in [5, 5.41) is 1.96. The van der Waals surface area contributed by atoms with Gasteiger partial charge in [-0.15, -0.1) is 11.3 Å². The second kappa shape index (κ2) is 8.27. The average Bonchev–Trinajstić information content (AvgIpc) is 2.91. The van der Waals surface area contributed by atoms with E-state index < -0.39 is 6.04 Å². The lowest BCUT2D eigenvalue weighted by molar-refractivity contribution is -0.132. The molecule has 0 spiro atoms. The molecule has 0 aliphatic heterocycles. The van der Waals surface area contributed by atoms with Gasteiger partial charge in [0.05, 0.1) is 0 Å². The number of nitrogens with two attached hydrogens (primary N) is 1. The highest BCUT2D eigenvalue weighted by Gasteiger charge is 2.22. The van der Waals surface area contributed by atoms with Gasteiger partial charge in [0.2, 0.25) is 5.91 Å². The molecule has 0 bridgehead atoms. The molecule has 1 aromatic heterocycles. The van der Waals surface area contributed by atoms with Gasteiger partial charge < -0.3 is 10.6 Å². The molecule has 102 valence electrons. The number of hydrogen-bond donors (Lipinski definition) is 1. The Bertz CT molecular complexity index is 330. The van der Waals surface area contributed by atoms with Crippen molar-refractivity contribution in [3.05, 3.63) is 22.4 Å². The van der Waals surface area contributed by atoms with Crippen molar-refractivity contribution < 1.29 is 4.79 Å². The monoisotopic (exact) mass is 268 g/mol. The highest BCUT2D eigenvalue weighted by Crippen LogP contribution is 2.19. The third kappa shape index (κ3) is 4.42. The van der Waals surface area contributed by atoms with Crippen LogP contribution in [0.1, 0.15) is 50.4 Å². The fourth-order valence-electron chi connectivity index (χ4n) is 1.82. The first-order valence-electron chi connectivity index (χ1n) is 6.78. The summed E-state index contributed by atoms with van der Waals surface area (Å²) in [6.45, 7) is 5.94. The van der Waals surface area contributed by atoms with E-state index in [-0.39, 0.29) is 5.91 Å². The zero-order chi connectivity index (χ0) is 13.4. The molecule has 1 aromatic rings. The molecule has 1 heterocycles. The number of carbonyl (C=O) groups excluding carboxylic acids is 1. The Labute approximate surface area is 114 Å². The molecular weight excluding hydrogens is 244 g/mol. The van der Waals surface area contributed by atoms with Crippen molar-refractivity contribution in [2.24, 2.45) is 5.73 Å². The lowest BCUT2D eigenvalue weighted by Crippen LogP contribution is -2.39. The Kier molecular flexibility index (Phi) is 6.98. The van der Waals surface area contributed by atoms with E-state index in [1.165, 1.54) is 0 Å². The first-order chi connectivity index (χ1) is 8.70. The van der Waals surface area contributed by atoms with Crippen LogP contribution in [0.3, 0.4) is 0 Å². The van der Waals surface area contributed by atoms with Crippen LogP contribution in [0.5, 0.6) is 0 Å². The Morgan fingerprint density at radius 3 is 2.39 bits per heavy atom. The second-order valence-electron chi connectivity index (χ2n) is 4.53. The summed E-state index contributed by atoms with van der Waals surface area (Å²) >= 11 is 1.55. The zero-order valence-electron chi connectivity index (χ0n) is 11.4. The van der Waals surface area contributed by atoms with Gasteiger partial charge in [-0.05, 0) is 24.3 Å². The van der Waals surface area contributed by atoms with Crippen LogP contribution in [0.25, 0.3) is 0 Å². The number of unbranched alkanes of at least 4 members (excludes halogenated alkanes) is 2. The molecular formula is C14H24N2OS. The Morgan fingerprint density at radius 1 is 1.33 bits per heavy atom. The van der Waals surface area contributed by atoms with E-state index in [0.29, 0.717) is 0 Å². The summed E-state index contributed by atoms with van der Waals surface area (Å²) in [5.74, 6) is 0.0688. The van der Waals surface area contributed by atoms with Crippen LogP contribution in [-0.2, 0) is 4.79 Å². The molecule has 18 heavy (non-hydrogen) atoms.